The maximum atomic E-state index is 11.8. The highest BCUT2D eigenvalue weighted by molar-refractivity contribution is 5.82. The van der Waals surface area contributed by atoms with Gasteiger partial charge in [-0.15, -0.1) is 0 Å². The highest BCUT2D eigenvalue weighted by Gasteiger charge is 2.30. The van der Waals surface area contributed by atoms with Crippen LogP contribution in [0.2, 0.25) is 0 Å². The van der Waals surface area contributed by atoms with Crippen LogP contribution in [0.1, 0.15) is 32.6 Å². The molecule has 1 aliphatic rings. The summed E-state index contributed by atoms with van der Waals surface area (Å²) in [5.74, 6) is 0.00315. The van der Waals surface area contributed by atoms with E-state index >= 15 is 0 Å². The number of hydrogen-bond acceptors (Lipinski definition) is 3. The number of rotatable bonds is 4. The maximum absolute atomic E-state index is 11.8. The Bertz CT molecular complexity index is 197. The molecule has 0 bridgehead atoms. The Morgan fingerprint density at radius 2 is 2.43 bits per heavy atom. The molecule has 1 fully saturated rings. The predicted molar refractivity (Wildman–Crippen MR) is 54.7 cm³/mol. The smallest absolute Gasteiger partial charge is 0.239 e. The Kier molecular flexibility index (Phi) is 4.35. The monoisotopic (exact) mass is 200 g/mol. The molecule has 14 heavy (non-hydrogen) atoms. The lowest BCUT2D eigenvalue weighted by Gasteiger charge is -2.25. The molecule has 1 saturated heterocycles. The fourth-order valence-corrected chi connectivity index (χ4v) is 1.96. The van der Waals surface area contributed by atoms with E-state index in [0.717, 1.165) is 32.2 Å². The number of hydrogen-bond donors (Lipinski definition) is 2. The molecule has 0 aromatic heterocycles. The van der Waals surface area contributed by atoms with Crippen LogP contribution < -0.4 is 5.73 Å². The zero-order valence-corrected chi connectivity index (χ0v) is 8.78. The Labute approximate surface area is 85.1 Å². The molecule has 82 valence electrons. The number of amides is 1. The first-order chi connectivity index (χ1) is 6.70. The average molecular weight is 200 g/mol. The van der Waals surface area contributed by atoms with E-state index < -0.39 is 0 Å². The minimum absolute atomic E-state index is 0.00315. The Balaban J connectivity index is 2.50. The third-order valence-corrected chi connectivity index (χ3v) is 2.79. The van der Waals surface area contributed by atoms with Gasteiger partial charge in [-0.25, -0.2) is 0 Å². The summed E-state index contributed by atoms with van der Waals surface area (Å²) in [6.45, 7) is 2.83. The highest BCUT2D eigenvalue weighted by atomic mass is 16.3. The second kappa shape index (κ2) is 5.32. The number of nitrogens with two attached hydrogens (primary N) is 1. The summed E-state index contributed by atoms with van der Waals surface area (Å²) >= 11 is 0. The quantitative estimate of drug-likeness (QED) is 0.676. The van der Waals surface area contributed by atoms with Crippen molar-refractivity contribution in [3.63, 3.8) is 0 Å². The van der Waals surface area contributed by atoms with E-state index in [2.05, 4.69) is 0 Å². The average Bonchev–Trinajstić information content (AvgIpc) is 2.64. The van der Waals surface area contributed by atoms with Gasteiger partial charge in [0.05, 0.1) is 18.7 Å². The minimum atomic E-state index is -0.382. The summed E-state index contributed by atoms with van der Waals surface area (Å²) in [4.78, 5) is 13.5. The van der Waals surface area contributed by atoms with Crippen molar-refractivity contribution in [1.82, 2.24) is 4.90 Å². The molecule has 0 aliphatic carbocycles. The molecule has 0 aromatic rings. The standard InChI is InChI=1S/C10H20N2O2/c1-2-4-9(11)10(14)12-6-3-5-8(12)7-13/h8-9,13H,2-7,11H2,1H3. The summed E-state index contributed by atoms with van der Waals surface area (Å²) in [5.41, 5.74) is 5.75. The van der Waals surface area contributed by atoms with Crippen molar-refractivity contribution in [2.45, 2.75) is 44.7 Å². The van der Waals surface area contributed by atoms with Gasteiger partial charge in [0.1, 0.15) is 0 Å². The van der Waals surface area contributed by atoms with Gasteiger partial charge in [0.15, 0.2) is 0 Å². The lowest BCUT2D eigenvalue weighted by Crippen LogP contribution is -2.46. The second-order valence-corrected chi connectivity index (χ2v) is 3.91. The van der Waals surface area contributed by atoms with Crippen molar-refractivity contribution in [1.29, 1.82) is 0 Å². The van der Waals surface area contributed by atoms with E-state index in [4.69, 9.17) is 10.8 Å². The molecule has 2 unspecified atom stereocenters. The molecular weight excluding hydrogens is 180 g/mol. The fourth-order valence-electron chi connectivity index (χ4n) is 1.96. The molecule has 1 aliphatic heterocycles. The van der Waals surface area contributed by atoms with E-state index in [1.54, 1.807) is 4.90 Å². The van der Waals surface area contributed by atoms with Crippen molar-refractivity contribution in [3.8, 4) is 0 Å². The zero-order valence-electron chi connectivity index (χ0n) is 8.78. The lowest BCUT2D eigenvalue weighted by atomic mass is 10.1. The van der Waals surface area contributed by atoms with Crippen LogP contribution in [0.3, 0.4) is 0 Å². The van der Waals surface area contributed by atoms with Crippen molar-refractivity contribution in [3.05, 3.63) is 0 Å². The first kappa shape index (κ1) is 11.5. The molecule has 4 heteroatoms. The van der Waals surface area contributed by atoms with Crippen LogP contribution in [0.4, 0.5) is 0 Å². The van der Waals surface area contributed by atoms with Gasteiger partial charge in [-0.3, -0.25) is 4.79 Å². The molecule has 3 N–H and O–H groups in total. The van der Waals surface area contributed by atoms with Crippen LogP contribution in [0.5, 0.6) is 0 Å². The lowest BCUT2D eigenvalue weighted by molar-refractivity contribution is -0.134. The van der Waals surface area contributed by atoms with E-state index in [9.17, 15) is 4.79 Å². The molecule has 4 nitrogen and oxygen atoms in total. The molecular formula is C10H20N2O2. The van der Waals surface area contributed by atoms with Gasteiger partial charge in [-0.1, -0.05) is 13.3 Å². The molecule has 1 rings (SSSR count). The van der Waals surface area contributed by atoms with Crippen molar-refractivity contribution in [2.24, 2.45) is 5.73 Å². The summed E-state index contributed by atoms with van der Waals surface area (Å²) in [7, 11) is 0. The zero-order chi connectivity index (χ0) is 10.6. The van der Waals surface area contributed by atoms with Crippen LogP contribution >= 0.6 is 0 Å². The largest absolute Gasteiger partial charge is 0.394 e. The summed E-state index contributed by atoms with van der Waals surface area (Å²) in [6, 6.07) is -0.377. The normalized spacial score (nSPS) is 23.9. The number of aliphatic hydroxyl groups is 1. The molecule has 0 spiro atoms. The summed E-state index contributed by atoms with van der Waals surface area (Å²) < 4.78 is 0. The molecule has 1 amide bonds. The molecule has 0 radical (unpaired) electrons. The van der Waals surface area contributed by atoms with E-state index in [1.165, 1.54) is 0 Å². The van der Waals surface area contributed by atoms with Gasteiger partial charge in [-0.05, 0) is 19.3 Å². The molecule has 0 saturated carbocycles. The van der Waals surface area contributed by atoms with Crippen LogP contribution in [0.25, 0.3) is 0 Å². The minimum Gasteiger partial charge on any atom is -0.394 e. The third kappa shape index (κ3) is 2.45. The number of nitrogens with zero attached hydrogens (tertiary/aromatic N) is 1. The van der Waals surface area contributed by atoms with Gasteiger partial charge >= 0.3 is 0 Å². The number of likely N-dealkylation sites (tertiary alicyclic amines) is 1. The van der Waals surface area contributed by atoms with Gasteiger partial charge in [0.25, 0.3) is 0 Å². The Hall–Kier alpha value is -0.610. The van der Waals surface area contributed by atoms with Crippen LogP contribution in [0.15, 0.2) is 0 Å². The number of aliphatic hydroxyl groups excluding tert-OH is 1. The maximum Gasteiger partial charge on any atom is 0.239 e. The fraction of sp³-hybridized carbons (Fsp3) is 0.900. The van der Waals surface area contributed by atoms with Crippen LogP contribution in [-0.2, 0) is 4.79 Å². The van der Waals surface area contributed by atoms with E-state index in [0.29, 0.717) is 0 Å². The first-order valence-electron chi connectivity index (χ1n) is 5.37. The summed E-state index contributed by atoms with van der Waals surface area (Å²) in [6.07, 6.45) is 3.54. The number of carbonyl (C=O) groups excluding carboxylic acids is 1. The molecule has 2 atom stereocenters. The van der Waals surface area contributed by atoms with Gasteiger partial charge in [0.2, 0.25) is 5.91 Å². The van der Waals surface area contributed by atoms with Crippen LogP contribution in [0, 0.1) is 0 Å². The SMILES string of the molecule is CCCC(N)C(=O)N1CCCC1CO. The highest BCUT2D eigenvalue weighted by Crippen LogP contribution is 2.18. The third-order valence-electron chi connectivity index (χ3n) is 2.79. The van der Waals surface area contributed by atoms with Crippen LogP contribution in [-0.4, -0.2) is 41.1 Å². The molecule has 0 aromatic carbocycles. The Morgan fingerprint density at radius 3 is 3.00 bits per heavy atom. The number of carbonyl (C=O) groups is 1. The predicted octanol–water partition coefficient (Wildman–Crippen LogP) is 0.0971. The second-order valence-electron chi connectivity index (χ2n) is 3.91. The first-order valence-corrected chi connectivity index (χ1v) is 5.37. The van der Waals surface area contributed by atoms with Gasteiger partial charge < -0.3 is 15.7 Å². The Morgan fingerprint density at radius 1 is 1.71 bits per heavy atom. The molecule has 1 heterocycles. The van der Waals surface area contributed by atoms with Gasteiger partial charge in [0, 0.05) is 6.54 Å². The van der Waals surface area contributed by atoms with E-state index in [-0.39, 0.29) is 24.6 Å². The van der Waals surface area contributed by atoms with E-state index in [1.807, 2.05) is 6.92 Å². The summed E-state index contributed by atoms with van der Waals surface area (Å²) in [5, 5.41) is 9.06. The van der Waals surface area contributed by atoms with Crippen molar-refractivity contribution >= 4 is 5.91 Å². The van der Waals surface area contributed by atoms with Crippen molar-refractivity contribution in [2.75, 3.05) is 13.2 Å². The van der Waals surface area contributed by atoms with Crippen molar-refractivity contribution < 1.29 is 9.90 Å². The van der Waals surface area contributed by atoms with Gasteiger partial charge in [-0.2, -0.15) is 0 Å². The topological polar surface area (TPSA) is 66.6 Å².